The summed E-state index contributed by atoms with van der Waals surface area (Å²) >= 11 is 18.8. The van der Waals surface area contributed by atoms with Crippen LogP contribution in [-0.2, 0) is 4.87 Å². The van der Waals surface area contributed by atoms with Crippen molar-refractivity contribution in [3.05, 3.63) is 63.9 Å². The number of hydrogen-bond donors (Lipinski definition) is 0. The summed E-state index contributed by atoms with van der Waals surface area (Å²) in [7, 11) is 0. The zero-order valence-electron chi connectivity index (χ0n) is 10.8. The van der Waals surface area contributed by atoms with Gasteiger partial charge in [0.2, 0.25) is 0 Å². The van der Waals surface area contributed by atoms with E-state index in [0.717, 1.165) is 11.1 Å². The van der Waals surface area contributed by atoms with Crippen molar-refractivity contribution in [2.75, 3.05) is 0 Å². The molecule has 1 aromatic carbocycles. The summed E-state index contributed by atoms with van der Waals surface area (Å²) in [6.45, 7) is 1.94. The highest BCUT2D eigenvalue weighted by Gasteiger charge is 2.36. The number of nitrogens with zero attached hydrogens (tertiary/aromatic N) is 1. The fourth-order valence-electron chi connectivity index (χ4n) is 2.10. The maximum atomic E-state index is 6.68. The molecule has 1 nitrogen and oxygen atoms in total. The van der Waals surface area contributed by atoms with Crippen molar-refractivity contribution in [2.45, 2.75) is 17.7 Å². The third kappa shape index (κ3) is 2.79. The van der Waals surface area contributed by atoms with Crippen LogP contribution < -0.4 is 0 Å². The van der Waals surface area contributed by atoms with Crippen LogP contribution in [0.15, 0.2) is 42.7 Å². The van der Waals surface area contributed by atoms with Gasteiger partial charge in [-0.2, -0.15) is 0 Å². The predicted octanol–water partition coefficient (Wildman–Crippen LogP) is 5.26. The molecule has 0 fully saturated rings. The summed E-state index contributed by atoms with van der Waals surface area (Å²) in [5.74, 6) is 2.48. The Labute approximate surface area is 133 Å². The molecule has 0 saturated carbocycles. The minimum Gasteiger partial charge on any atom is -0.264 e. The lowest BCUT2D eigenvalue weighted by Crippen LogP contribution is -2.24. The molecule has 0 aliphatic heterocycles. The standard InChI is InChI=1S/C16H12Cl3N/c1-3-16(19,12-5-4-8-20-10-12)11(2)14-7-6-13(17)9-15(14)18/h1,4-11H,2H3. The second-order valence-electron chi connectivity index (χ2n) is 4.49. The first kappa shape index (κ1) is 15.2. The van der Waals surface area contributed by atoms with Gasteiger partial charge in [-0.1, -0.05) is 59.8 Å². The van der Waals surface area contributed by atoms with Crippen LogP contribution in [0.4, 0.5) is 0 Å². The molecule has 0 amide bonds. The minimum absolute atomic E-state index is 0.192. The number of halogens is 3. The minimum atomic E-state index is -1.01. The van der Waals surface area contributed by atoms with Crippen molar-refractivity contribution in [2.24, 2.45) is 0 Å². The van der Waals surface area contributed by atoms with Gasteiger partial charge in [-0.15, -0.1) is 6.42 Å². The lowest BCUT2D eigenvalue weighted by atomic mass is 9.83. The van der Waals surface area contributed by atoms with Crippen molar-refractivity contribution < 1.29 is 0 Å². The molecule has 2 unspecified atom stereocenters. The van der Waals surface area contributed by atoms with Crippen molar-refractivity contribution in [1.82, 2.24) is 4.98 Å². The predicted molar refractivity (Wildman–Crippen MR) is 85.5 cm³/mol. The molecular weight excluding hydrogens is 313 g/mol. The average molecular weight is 325 g/mol. The second kappa shape index (κ2) is 6.06. The van der Waals surface area contributed by atoms with Crippen LogP contribution in [0.3, 0.4) is 0 Å². The van der Waals surface area contributed by atoms with Crippen LogP contribution in [0.2, 0.25) is 10.0 Å². The van der Waals surface area contributed by atoms with Gasteiger partial charge in [-0.05, 0) is 23.8 Å². The third-order valence-electron chi connectivity index (χ3n) is 3.32. The first-order chi connectivity index (χ1) is 9.49. The Hall–Kier alpha value is -1.20. The van der Waals surface area contributed by atoms with E-state index in [-0.39, 0.29) is 5.92 Å². The maximum Gasteiger partial charge on any atom is 0.137 e. The largest absolute Gasteiger partial charge is 0.264 e. The number of benzene rings is 1. The van der Waals surface area contributed by atoms with Gasteiger partial charge in [-0.25, -0.2) is 0 Å². The number of rotatable bonds is 3. The Balaban J connectivity index is 2.49. The molecule has 0 aliphatic rings. The number of pyridine rings is 1. The van der Waals surface area contributed by atoms with Crippen LogP contribution in [-0.4, -0.2) is 4.98 Å². The summed E-state index contributed by atoms with van der Waals surface area (Å²) in [5, 5.41) is 1.13. The molecule has 2 rings (SSSR count). The number of aromatic nitrogens is 1. The Morgan fingerprint density at radius 1 is 1.30 bits per heavy atom. The molecule has 4 heteroatoms. The molecule has 20 heavy (non-hydrogen) atoms. The Kier molecular flexibility index (Phi) is 4.60. The van der Waals surface area contributed by atoms with Crippen LogP contribution in [0, 0.1) is 12.3 Å². The van der Waals surface area contributed by atoms with Crippen molar-refractivity contribution in [1.29, 1.82) is 0 Å². The fraction of sp³-hybridized carbons (Fsp3) is 0.188. The lowest BCUT2D eigenvalue weighted by Gasteiger charge is -2.29. The van der Waals surface area contributed by atoms with Crippen molar-refractivity contribution in [3.63, 3.8) is 0 Å². The fourth-order valence-corrected chi connectivity index (χ4v) is 2.90. The molecular formula is C16H12Cl3N. The van der Waals surface area contributed by atoms with Gasteiger partial charge in [-0.3, -0.25) is 4.98 Å². The molecule has 1 aromatic heterocycles. The van der Waals surface area contributed by atoms with E-state index in [1.165, 1.54) is 0 Å². The summed E-state index contributed by atoms with van der Waals surface area (Å²) in [6, 6.07) is 8.97. The smallest absolute Gasteiger partial charge is 0.137 e. The van der Waals surface area contributed by atoms with E-state index >= 15 is 0 Å². The highest BCUT2D eigenvalue weighted by atomic mass is 35.5. The Morgan fingerprint density at radius 3 is 2.60 bits per heavy atom. The Morgan fingerprint density at radius 2 is 2.05 bits per heavy atom. The normalized spacial score (nSPS) is 15.2. The maximum absolute atomic E-state index is 6.68. The number of hydrogen-bond acceptors (Lipinski definition) is 1. The van der Waals surface area contributed by atoms with E-state index in [1.54, 1.807) is 30.6 Å². The Bertz CT molecular complexity index is 649. The summed E-state index contributed by atoms with van der Waals surface area (Å²) in [4.78, 5) is 3.07. The van der Waals surface area contributed by atoms with Gasteiger partial charge in [0.05, 0.1) is 0 Å². The highest BCUT2D eigenvalue weighted by molar-refractivity contribution is 6.35. The van der Waals surface area contributed by atoms with Gasteiger partial charge in [0.25, 0.3) is 0 Å². The molecule has 2 aromatic rings. The zero-order chi connectivity index (χ0) is 14.8. The van der Waals surface area contributed by atoms with Gasteiger partial charge in [0.1, 0.15) is 4.87 Å². The van der Waals surface area contributed by atoms with E-state index in [0.29, 0.717) is 10.0 Å². The molecule has 1 heterocycles. The van der Waals surface area contributed by atoms with Crippen LogP contribution >= 0.6 is 34.8 Å². The van der Waals surface area contributed by atoms with Crippen LogP contribution in [0.25, 0.3) is 0 Å². The quantitative estimate of drug-likeness (QED) is 0.554. The van der Waals surface area contributed by atoms with E-state index in [2.05, 4.69) is 10.9 Å². The van der Waals surface area contributed by atoms with Crippen LogP contribution in [0.1, 0.15) is 24.0 Å². The van der Waals surface area contributed by atoms with Crippen molar-refractivity contribution in [3.8, 4) is 12.3 Å². The molecule has 0 aliphatic carbocycles. The molecule has 2 atom stereocenters. The highest BCUT2D eigenvalue weighted by Crippen LogP contribution is 2.44. The summed E-state index contributed by atoms with van der Waals surface area (Å²) < 4.78 is 0. The van der Waals surface area contributed by atoms with E-state index in [1.807, 2.05) is 19.1 Å². The molecule has 0 N–H and O–H groups in total. The van der Waals surface area contributed by atoms with Gasteiger partial charge < -0.3 is 0 Å². The van der Waals surface area contributed by atoms with E-state index in [4.69, 9.17) is 41.2 Å². The lowest BCUT2D eigenvalue weighted by molar-refractivity contribution is 0.628. The number of alkyl halides is 1. The van der Waals surface area contributed by atoms with E-state index in [9.17, 15) is 0 Å². The topological polar surface area (TPSA) is 12.9 Å². The summed E-state index contributed by atoms with van der Waals surface area (Å²) in [6.07, 6.45) is 9.03. The average Bonchev–Trinajstić information content (AvgIpc) is 2.46. The summed E-state index contributed by atoms with van der Waals surface area (Å²) in [5.41, 5.74) is 1.62. The van der Waals surface area contributed by atoms with Gasteiger partial charge in [0.15, 0.2) is 0 Å². The monoisotopic (exact) mass is 323 g/mol. The molecule has 0 bridgehead atoms. The SMILES string of the molecule is C#CC(Cl)(c1cccnc1)C(C)c1ccc(Cl)cc1Cl. The third-order valence-corrected chi connectivity index (χ3v) is 4.53. The second-order valence-corrected chi connectivity index (χ2v) is 5.93. The number of terminal acetylenes is 1. The van der Waals surface area contributed by atoms with Gasteiger partial charge >= 0.3 is 0 Å². The zero-order valence-corrected chi connectivity index (χ0v) is 13.0. The molecule has 0 spiro atoms. The molecule has 102 valence electrons. The molecule has 0 saturated heterocycles. The molecule has 0 radical (unpaired) electrons. The van der Waals surface area contributed by atoms with Crippen molar-refractivity contribution >= 4 is 34.8 Å². The van der Waals surface area contributed by atoms with Crippen LogP contribution in [0.5, 0.6) is 0 Å². The van der Waals surface area contributed by atoms with E-state index < -0.39 is 4.87 Å². The first-order valence-corrected chi connectivity index (χ1v) is 7.14. The first-order valence-electron chi connectivity index (χ1n) is 6.01. The van der Waals surface area contributed by atoms with Gasteiger partial charge in [0, 0.05) is 33.9 Å².